The van der Waals surface area contributed by atoms with Crippen LogP contribution in [0.25, 0.3) is 0 Å². The van der Waals surface area contributed by atoms with Crippen molar-refractivity contribution in [3.8, 4) is 0 Å². The molecule has 0 aliphatic rings. The number of hydrogen-bond donors (Lipinski definition) is 0. The molecule has 0 heterocycles. The van der Waals surface area contributed by atoms with Gasteiger partial charge in [0.05, 0.1) is 0 Å². The first-order valence-corrected chi connectivity index (χ1v) is 14.7. The highest BCUT2D eigenvalue weighted by Gasteiger charge is 2.23. The molecule has 0 aliphatic heterocycles. The second kappa shape index (κ2) is 15.2. The Morgan fingerprint density at radius 1 is 0.600 bits per heavy atom. The lowest BCUT2D eigenvalue weighted by molar-refractivity contribution is 0.601. The van der Waals surface area contributed by atoms with Gasteiger partial charge >= 0.3 is 0 Å². The molecule has 0 unspecified atom stereocenters. The van der Waals surface area contributed by atoms with Crippen molar-refractivity contribution in [3.05, 3.63) is 0 Å². The van der Waals surface area contributed by atoms with Gasteiger partial charge in [0.15, 0.2) is 0 Å². The second-order valence-corrected chi connectivity index (χ2v) is 17.0. The molecule has 20 heavy (non-hydrogen) atoms. The van der Waals surface area contributed by atoms with E-state index in [2.05, 4.69) is 20.8 Å². The summed E-state index contributed by atoms with van der Waals surface area (Å²) >= 11 is 5.28. The summed E-state index contributed by atoms with van der Waals surface area (Å²) in [5, 5.41) is 0. The highest BCUT2D eigenvalue weighted by atomic mass is 33.4. The van der Waals surface area contributed by atoms with Gasteiger partial charge in [-0.1, -0.05) is 93.4 Å². The van der Waals surface area contributed by atoms with Gasteiger partial charge in [-0.05, 0) is 19.3 Å². The SMILES string of the molecule is CCCCCSP(=O)(SCCCCC)SCCCCC. The summed E-state index contributed by atoms with van der Waals surface area (Å²) in [6.07, 6.45) is 11.2. The van der Waals surface area contributed by atoms with E-state index < -0.39 is 4.75 Å². The van der Waals surface area contributed by atoms with E-state index in [1.807, 2.05) is 0 Å². The number of rotatable bonds is 15. The lowest BCUT2D eigenvalue weighted by Crippen LogP contribution is -1.84. The largest absolute Gasteiger partial charge is 0.289 e. The van der Waals surface area contributed by atoms with E-state index in [0.717, 1.165) is 17.3 Å². The quantitative estimate of drug-likeness (QED) is 0.219. The van der Waals surface area contributed by atoms with Crippen molar-refractivity contribution in [1.82, 2.24) is 0 Å². The molecule has 0 aromatic carbocycles. The van der Waals surface area contributed by atoms with Gasteiger partial charge in [-0.2, -0.15) is 0 Å². The molecule has 5 heteroatoms. The third kappa shape index (κ3) is 13.0. The van der Waals surface area contributed by atoms with Gasteiger partial charge in [-0.3, -0.25) is 4.57 Å². The van der Waals surface area contributed by atoms with Gasteiger partial charge in [0.1, 0.15) is 0 Å². The molecule has 122 valence electrons. The van der Waals surface area contributed by atoms with Crippen molar-refractivity contribution in [3.63, 3.8) is 0 Å². The Morgan fingerprint density at radius 3 is 1.15 bits per heavy atom. The maximum Gasteiger partial charge on any atom is 0.243 e. The topological polar surface area (TPSA) is 17.1 Å². The van der Waals surface area contributed by atoms with Gasteiger partial charge < -0.3 is 0 Å². The van der Waals surface area contributed by atoms with Crippen LogP contribution in [0.4, 0.5) is 0 Å². The lowest BCUT2D eigenvalue weighted by Gasteiger charge is -2.16. The van der Waals surface area contributed by atoms with Crippen LogP contribution < -0.4 is 0 Å². The fourth-order valence-corrected chi connectivity index (χ4v) is 13.5. The average Bonchev–Trinajstić information content (AvgIpc) is 2.45. The van der Waals surface area contributed by atoms with E-state index >= 15 is 0 Å². The molecule has 0 aromatic rings. The molecule has 0 radical (unpaired) electrons. The molecule has 0 bridgehead atoms. The van der Waals surface area contributed by atoms with Crippen LogP contribution >= 0.6 is 38.9 Å². The van der Waals surface area contributed by atoms with E-state index in [4.69, 9.17) is 0 Å². The minimum atomic E-state index is -2.09. The van der Waals surface area contributed by atoms with Crippen LogP contribution in [0.5, 0.6) is 0 Å². The molecule has 0 N–H and O–H groups in total. The Hall–Kier alpha value is 1.28. The third-order valence-electron chi connectivity index (χ3n) is 2.99. The molecule has 0 aromatic heterocycles. The van der Waals surface area contributed by atoms with E-state index in [-0.39, 0.29) is 0 Å². The molecule has 0 rings (SSSR count). The predicted octanol–water partition coefficient (Wildman–Crippen LogP) is 7.86. The fraction of sp³-hybridized carbons (Fsp3) is 1.00. The average molecular weight is 357 g/mol. The maximum absolute atomic E-state index is 13.0. The van der Waals surface area contributed by atoms with Gasteiger partial charge in [-0.25, -0.2) is 0 Å². The molecule has 0 saturated carbocycles. The highest BCUT2D eigenvalue weighted by Crippen LogP contribution is 2.78. The summed E-state index contributed by atoms with van der Waals surface area (Å²) < 4.78 is 10.9. The molecule has 0 amide bonds. The van der Waals surface area contributed by atoms with Crippen LogP contribution in [-0.4, -0.2) is 17.3 Å². The summed E-state index contributed by atoms with van der Waals surface area (Å²) in [4.78, 5) is 0. The molecular weight excluding hydrogens is 323 g/mol. The Labute approximate surface area is 139 Å². The van der Waals surface area contributed by atoms with Crippen LogP contribution in [0.3, 0.4) is 0 Å². The Balaban J connectivity index is 4.02. The zero-order valence-electron chi connectivity index (χ0n) is 13.6. The normalized spacial score (nSPS) is 11.9. The molecule has 1 nitrogen and oxygen atoms in total. The summed E-state index contributed by atoms with van der Waals surface area (Å²) in [6, 6.07) is 0. The van der Waals surface area contributed by atoms with E-state index in [0.29, 0.717) is 0 Å². The van der Waals surface area contributed by atoms with E-state index in [1.54, 1.807) is 34.1 Å². The van der Waals surface area contributed by atoms with Gasteiger partial charge in [0, 0.05) is 17.3 Å². The fourth-order valence-electron chi connectivity index (χ4n) is 1.70. The number of hydrogen-bond acceptors (Lipinski definition) is 4. The first kappa shape index (κ1) is 21.3. The van der Waals surface area contributed by atoms with Crippen LogP contribution in [0.1, 0.15) is 78.6 Å². The molecule has 0 saturated heterocycles. The third-order valence-corrected chi connectivity index (χ3v) is 15.5. The molecular formula is C15H33OPS3. The van der Waals surface area contributed by atoms with Gasteiger partial charge in [0.2, 0.25) is 4.75 Å². The van der Waals surface area contributed by atoms with Crippen molar-refractivity contribution in [2.75, 3.05) is 17.3 Å². The Morgan fingerprint density at radius 2 is 0.900 bits per heavy atom. The van der Waals surface area contributed by atoms with Gasteiger partial charge in [0.25, 0.3) is 0 Å². The van der Waals surface area contributed by atoms with Crippen LogP contribution in [0, 0.1) is 0 Å². The van der Waals surface area contributed by atoms with E-state index in [9.17, 15) is 4.57 Å². The Kier molecular flexibility index (Phi) is 16.2. The van der Waals surface area contributed by atoms with Crippen molar-refractivity contribution in [2.24, 2.45) is 0 Å². The predicted molar refractivity (Wildman–Crippen MR) is 104 cm³/mol. The second-order valence-electron chi connectivity index (χ2n) is 5.07. The van der Waals surface area contributed by atoms with Crippen LogP contribution in [0.2, 0.25) is 0 Å². The van der Waals surface area contributed by atoms with Crippen molar-refractivity contribution >= 4 is 38.9 Å². The molecule has 0 spiro atoms. The lowest BCUT2D eigenvalue weighted by atomic mass is 10.3. The van der Waals surface area contributed by atoms with Crippen LogP contribution in [-0.2, 0) is 4.57 Å². The monoisotopic (exact) mass is 356 g/mol. The summed E-state index contributed by atoms with van der Waals surface area (Å²) in [6.45, 7) is 6.68. The Bertz CT molecular complexity index is 211. The first-order chi connectivity index (χ1) is 9.68. The zero-order chi connectivity index (χ0) is 15.1. The zero-order valence-corrected chi connectivity index (χ0v) is 16.9. The standard InChI is InChI=1S/C15H33OPS3/c1-4-7-10-13-18-17(16,19-14-11-8-5-2)20-15-12-9-6-3/h4-15H2,1-3H3. The van der Waals surface area contributed by atoms with Gasteiger partial charge in [-0.15, -0.1) is 0 Å². The van der Waals surface area contributed by atoms with Crippen molar-refractivity contribution < 1.29 is 4.57 Å². The smallest absolute Gasteiger partial charge is 0.243 e. The summed E-state index contributed by atoms with van der Waals surface area (Å²) in [5.41, 5.74) is 0. The highest BCUT2D eigenvalue weighted by molar-refractivity contribution is 9.14. The van der Waals surface area contributed by atoms with Crippen molar-refractivity contribution in [2.45, 2.75) is 78.6 Å². The minimum Gasteiger partial charge on any atom is -0.289 e. The minimum absolute atomic E-state index is 1.08. The van der Waals surface area contributed by atoms with Crippen molar-refractivity contribution in [1.29, 1.82) is 0 Å². The molecule has 0 aliphatic carbocycles. The molecule has 0 fully saturated rings. The summed E-state index contributed by atoms with van der Waals surface area (Å²) in [7, 11) is 0. The maximum atomic E-state index is 13.0. The first-order valence-electron chi connectivity index (χ1n) is 8.22. The van der Waals surface area contributed by atoms with E-state index in [1.165, 1.54) is 57.8 Å². The number of unbranched alkanes of at least 4 members (excludes halogenated alkanes) is 6. The van der Waals surface area contributed by atoms with Crippen LogP contribution in [0.15, 0.2) is 0 Å². The molecule has 0 atom stereocenters. The summed E-state index contributed by atoms with van der Waals surface area (Å²) in [5.74, 6) is 3.23.